The number of esters is 1. The summed E-state index contributed by atoms with van der Waals surface area (Å²) in [6, 6.07) is 7.18. The molecule has 0 atom stereocenters. The largest absolute Gasteiger partial charge is 0.450 e. The number of hydrogen-bond donors (Lipinski definition) is 0. The number of Topliss-reactive ketones (excluding diaryl/α,β-unsaturated/α-hetero) is 1. The zero-order valence-electron chi connectivity index (χ0n) is 12.7. The van der Waals surface area contributed by atoms with Gasteiger partial charge in [-0.3, -0.25) is 4.79 Å². The number of carbonyl (C=O) groups excluding carboxylic acids is 2. The van der Waals surface area contributed by atoms with Crippen molar-refractivity contribution in [2.45, 2.75) is 46.3 Å². The smallest absolute Gasteiger partial charge is 0.333 e. The van der Waals surface area contributed by atoms with Gasteiger partial charge in [0.05, 0.1) is 6.10 Å². The molecule has 0 unspecified atom stereocenters. The SMILES string of the molecule is Cc1ccc(C(=O)C(C)(C)OC(=O)COC(C)C)cc1. The zero-order chi connectivity index (χ0) is 15.3. The summed E-state index contributed by atoms with van der Waals surface area (Å²) < 4.78 is 10.4. The first-order valence-electron chi connectivity index (χ1n) is 6.67. The molecule has 0 spiro atoms. The molecule has 20 heavy (non-hydrogen) atoms. The molecule has 0 N–H and O–H groups in total. The second-order valence-electron chi connectivity index (χ2n) is 5.54. The molecule has 0 amide bonds. The first-order valence-corrected chi connectivity index (χ1v) is 6.67. The summed E-state index contributed by atoms with van der Waals surface area (Å²) in [5, 5.41) is 0. The van der Waals surface area contributed by atoms with Crippen molar-refractivity contribution in [1.82, 2.24) is 0 Å². The number of aryl methyl sites for hydroxylation is 1. The van der Waals surface area contributed by atoms with Crippen LogP contribution in [0.2, 0.25) is 0 Å². The van der Waals surface area contributed by atoms with E-state index in [0.29, 0.717) is 5.56 Å². The van der Waals surface area contributed by atoms with Gasteiger partial charge in [-0.1, -0.05) is 29.8 Å². The average molecular weight is 278 g/mol. The molecule has 0 bridgehead atoms. The topological polar surface area (TPSA) is 52.6 Å². The van der Waals surface area contributed by atoms with E-state index in [0.717, 1.165) is 5.56 Å². The van der Waals surface area contributed by atoms with Crippen molar-refractivity contribution in [2.24, 2.45) is 0 Å². The Morgan fingerprint density at radius 3 is 2.20 bits per heavy atom. The van der Waals surface area contributed by atoms with Gasteiger partial charge in [0.2, 0.25) is 5.78 Å². The van der Waals surface area contributed by atoms with Crippen LogP contribution in [0.25, 0.3) is 0 Å². The number of ketones is 1. The maximum absolute atomic E-state index is 12.3. The molecule has 0 aliphatic carbocycles. The number of rotatable bonds is 6. The van der Waals surface area contributed by atoms with Gasteiger partial charge in [-0.15, -0.1) is 0 Å². The summed E-state index contributed by atoms with van der Waals surface area (Å²) in [7, 11) is 0. The summed E-state index contributed by atoms with van der Waals surface area (Å²) in [6.07, 6.45) is -0.0570. The van der Waals surface area contributed by atoms with E-state index in [2.05, 4.69) is 0 Å². The third kappa shape index (κ3) is 4.78. The Labute approximate surface area is 120 Å². The molecule has 0 fully saturated rings. The molecule has 0 saturated carbocycles. The Morgan fingerprint density at radius 1 is 1.15 bits per heavy atom. The van der Waals surface area contributed by atoms with Gasteiger partial charge in [0.25, 0.3) is 0 Å². The highest BCUT2D eigenvalue weighted by molar-refractivity contribution is 6.03. The molecule has 1 aromatic rings. The summed E-state index contributed by atoms with van der Waals surface area (Å²) in [6.45, 7) is 8.63. The highest BCUT2D eigenvalue weighted by Crippen LogP contribution is 2.18. The van der Waals surface area contributed by atoms with E-state index in [1.54, 1.807) is 26.0 Å². The molecular formula is C16H22O4. The fourth-order valence-electron chi connectivity index (χ4n) is 1.65. The monoisotopic (exact) mass is 278 g/mol. The van der Waals surface area contributed by atoms with E-state index in [9.17, 15) is 9.59 Å². The van der Waals surface area contributed by atoms with Gasteiger partial charge in [-0.2, -0.15) is 0 Å². The maximum atomic E-state index is 12.3. The molecule has 1 aromatic carbocycles. The lowest BCUT2D eigenvalue weighted by molar-refractivity contribution is -0.159. The van der Waals surface area contributed by atoms with E-state index in [1.807, 2.05) is 32.9 Å². The van der Waals surface area contributed by atoms with Crippen LogP contribution in [0, 0.1) is 6.92 Å². The Kier molecular flexibility index (Phi) is 5.45. The predicted molar refractivity (Wildman–Crippen MR) is 76.8 cm³/mol. The van der Waals surface area contributed by atoms with E-state index < -0.39 is 11.6 Å². The molecule has 1 rings (SSSR count). The van der Waals surface area contributed by atoms with Crippen molar-refractivity contribution in [2.75, 3.05) is 6.61 Å². The lowest BCUT2D eigenvalue weighted by Gasteiger charge is -2.24. The minimum atomic E-state index is -1.20. The Balaban J connectivity index is 2.70. The molecule has 0 saturated heterocycles. The molecule has 110 valence electrons. The highest BCUT2D eigenvalue weighted by atomic mass is 16.6. The van der Waals surface area contributed by atoms with E-state index in [-0.39, 0.29) is 18.5 Å². The third-order valence-electron chi connectivity index (χ3n) is 2.76. The van der Waals surface area contributed by atoms with Crippen LogP contribution in [0.15, 0.2) is 24.3 Å². The Hall–Kier alpha value is -1.68. The van der Waals surface area contributed by atoms with Gasteiger partial charge in [-0.25, -0.2) is 4.79 Å². The molecule has 0 radical (unpaired) electrons. The van der Waals surface area contributed by atoms with Crippen LogP contribution in [0.5, 0.6) is 0 Å². The Morgan fingerprint density at radius 2 is 1.70 bits per heavy atom. The van der Waals surface area contributed by atoms with Crippen LogP contribution in [0.1, 0.15) is 43.6 Å². The second-order valence-corrected chi connectivity index (χ2v) is 5.54. The van der Waals surface area contributed by atoms with Gasteiger partial charge in [0.15, 0.2) is 5.60 Å². The van der Waals surface area contributed by atoms with Crippen molar-refractivity contribution in [3.05, 3.63) is 35.4 Å². The third-order valence-corrected chi connectivity index (χ3v) is 2.76. The first kappa shape index (κ1) is 16.4. The van der Waals surface area contributed by atoms with Gasteiger partial charge in [0.1, 0.15) is 6.61 Å². The van der Waals surface area contributed by atoms with Crippen molar-refractivity contribution >= 4 is 11.8 Å². The number of benzene rings is 1. The predicted octanol–water partition coefficient (Wildman–Crippen LogP) is 2.92. The van der Waals surface area contributed by atoms with Crippen LogP contribution in [-0.4, -0.2) is 30.1 Å². The summed E-state index contributed by atoms with van der Waals surface area (Å²) in [5.74, 6) is -0.764. The molecule has 0 aromatic heterocycles. The minimum absolute atomic E-state index is 0.0570. The van der Waals surface area contributed by atoms with Crippen molar-refractivity contribution < 1.29 is 19.1 Å². The quantitative estimate of drug-likeness (QED) is 0.593. The van der Waals surface area contributed by atoms with Gasteiger partial charge in [0, 0.05) is 5.56 Å². The van der Waals surface area contributed by atoms with Crippen molar-refractivity contribution in [3.63, 3.8) is 0 Å². The van der Waals surface area contributed by atoms with E-state index >= 15 is 0 Å². The summed E-state index contributed by atoms with van der Waals surface area (Å²) in [5.41, 5.74) is 0.395. The van der Waals surface area contributed by atoms with Gasteiger partial charge < -0.3 is 9.47 Å². The van der Waals surface area contributed by atoms with Crippen LogP contribution in [-0.2, 0) is 14.3 Å². The highest BCUT2D eigenvalue weighted by Gasteiger charge is 2.32. The fourth-order valence-corrected chi connectivity index (χ4v) is 1.65. The van der Waals surface area contributed by atoms with E-state index in [4.69, 9.17) is 9.47 Å². The standard InChI is InChI=1S/C16H22O4/c1-11(2)19-10-14(17)20-16(4,5)15(18)13-8-6-12(3)7-9-13/h6-9,11H,10H2,1-5H3. The molecule has 4 nitrogen and oxygen atoms in total. The normalized spacial score (nSPS) is 11.5. The van der Waals surface area contributed by atoms with Crippen molar-refractivity contribution in [1.29, 1.82) is 0 Å². The Bertz CT molecular complexity index is 472. The second kappa shape index (κ2) is 6.66. The molecule has 0 aliphatic heterocycles. The minimum Gasteiger partial charge on any atom is -0.450 e. The lowest BCUT2D eigenvalue weighted by atomic mass is 9.96. The molecule has 0 aliphatic rings. The van der Waals surface area contributed by atoms with Crippen LogP contribution >= 0.6 is 0 Å². The fraction of sp³-hybridized carbons (Fsp3) is 0.500. The van der Waals surface area contributed by atoms with Crippen LogP contribution in [0.3, 0.4) is 0 Å². The van der Waals surface area contributed by atoms with E-state index in [1.165, 1.54) is 0 Å². The number of carbonyl (C=O) groups is 2. The number of hydrogen-bond acceptors (Lipinski definition) is 4. The van der Waals surface area contributed by atoms with Gasteiger partial charge >= 0.3 is 5.97 Å². The molecule has 0 heterocycles. The van der Waals surface area contributed by atoms with Crippen molar-refractivity contribution in [3.8, 4) is 0 Å². The first-order chi connectivity index (χ1) is 9.22. The van der Waals surface area contributed by atoms with Gasteiger partial charge in [-0.05, 0) is 34.6 Å². The maximum Gasteiger partial charge on any atom is 0.333 e. The lowest BCUT2D eigenvalue weighted by Crippen LogP contribution is -2.38. The van der Waals surface area contributed by atoms with Crippen LogP contribution < -0.4 is 0 Å². The zero-order valence-corrected chi connectivity index (χ0v) is 12.7. The number of ether oxygens (including phenoxy) is 2. The molecule has 4 heteroatoms. The average Bonchev–Trinajstić information content (AvgIpc) is 2.36. The summed E-state index contributed by atoms with van der Waals surface area (Å²) in [4.78, 5) is 24.0. The molecular weight excluding hydrogens is 256 g/mol. The van der Waals surface area contributed by atoms with Crippen LogP contribution in [0.4, 0.5) is 0 Å². The summed E-state index contributed by atoms with van der Waals surface area (Å²) >= 11 is 0.